The van der Waals surface area contributed by atoms with Crippen LogP contribution in [0.3, 0.4) is 0 Å². The number of nitrogens with one attached hydrogen (secondary N) is 1. The molecule has 1 N–H and O–H groups in total. The molecule has 2 aromatic carbocycles. The van der Waals surface area contributed by atoms with Gasteiger partial charge in [0.15, 0.2) is 6.61 Å². The maximum atomic E-state index is 12.9. The number of anilines is 2. The topological polar surface area (TPSA) is 79.0 Å². The molecule has 8 heteroatoms. The molecule has 2 aliphatic heterocycles. The molecule has 0 radical (unpaired) electrons. The number of hydrogen-bond acceptors (Lipinski definition) is 4. The van der Waals surface area contributed by atoms with Gasteiger partial charge >= 0.3 is 0 Å². The molecule has 0 aromatic heterocycles. The third-order valence-corrected chi connectivity index (χ3v) is 5.80. The van der Waals surface area contributed by atoms with E-state index in [0.717, 1.165) is 37.9 Å². The summed E-state index contributed by atoms with van der Waals surface area (Å²) >= 11 is 6.03. The molecule has 2 aliphatic rings. The lowest BCUT2D eigenvalue weighted by atomic mass is 10.1. The van der Waals surface area contributed by atoms with Gasteiger partial charge in [0.1, 0.15) is 12.3 Å². The third-order valence-electron chi connectivity index (χ3n) is 5.57. The van der Waals surface area contributed by atoms with Crippen LogP contribution in [0.2, 0.25) is 5.02 Å². The van der Waals surface area contributed by atoms with Crippen molar-refractivity contribution >= 4 is 40.7 Å². The molecule has 0 atom stereocenters. The number of benzene rings is 2. The van der Waals surface area contributed by atoms with Crippen LogP contribution in [0.5, 0.6) is 5.75 Å². The fourth-order valence-electron chi connectivity index (χ4n) is 3.85. The number of halogens is 1. The number of rotatable bonds is 4. The molecule has 162 valence electrons. The molecule has 1 fully saturated rings. The molecule has 7 nitrogen and oxygen atoms in total. The lowest BCUT2D eigenvalue weighted by Gasteiger charge is -2.30. The molecular formula is C23H24ClN3O4. The summed E-state index contributed by atoms with van der Waals surface area (Å²) in [7, 11) is 0. The molecule has 0 spiro atoms. The fraction of sp³-hybridized carbons (Fsp3) is 0.348. The van der Waals surface area contributed by atoms with E-state index in [9.17, 15) is 14.4 Å². The number of aryl methyl sites for hydroxylation is 1. The van der Waals surface area contributed by atoms with Crippen LogP contribution in [0.4, 0.5) is 11.4 Å². The summed E-state index contributed by atoms with van der Waals surface area (Å²) in [5, 5.41) is 3.31. The normalized spacial score (nSPS) is 15.9. The SMILES string of the molecule is Cc1ccc(Cl)cc1NC(=O)CN1C(=O)COc2ccc(C(=O)N3CCCCC3)cc21. The predicted octanol–water partition coefficient (Wildman–Crippen LogP) is 3.64. The second kappa shape index (κ2) is 8.98. The van der Waals surface area contributed by atoms with Gasteiger partial charge < -0.3 is 15.0 Å². The van der Waals surface area contributed by atoms with Crippen LogP contribution in [-0.2, 0) is 9.59 Å². The Hall–Kier alpha value is -3.06. The molecule has 2 aromatic rings. The molecule has 31 heavy (non-hydrogen) atoms. The van der Waals surface area contributed by atoms with E-state index in [1.54, 1.807) is 30.3 Å². The molecule has 2 heterocycles. The monoisotopic (exact) mass is 441 g/mol. The summed E-state index contributed by atoms with van der Waals surface area (Å²) < 4.78 is 5.52. The molecule has 0 unspecified atom stereocenters. The van der Waals surface area contributed by atoms with Crippen LogP contribution in [0.25, 0.3) is 0 Å². The maximum Gasteiger partial charge on any atom is 0.265 e. The van der Waals surface area contributed by atoms with E-state index in [0.29, 0.717) is 27.7 Å². The first-order valence-corrected chi connectivity index (χ1v) is 10.7. The van der Waals surface area contributed by atoms with Crippen LogP contribution < -0.4 is 15.0 Å². The predicted molar refractivity (Wildman–Crippen MR) is 119 cm³/mol. The van der Waals surface area contributed by atoms with Crippen LogP contribution in [0.1, 0.15) is 35.2 Å². The highest BCUT2D eigenvalue weighted by Gasteiger charge is 2.29. The van der Waals surface area contributed by atoms with Crippen LogP contribution in [-0.4, -0.2) is 48.9 Å². The number of piperidine rings is 1. The summed E-state index contributed by atoms with van der Waals surface area (Å²) in [5.74, 6) is -0.298. The summed E-state index contributed by atoms with van der Waals surface area (Å²) in [6.45, 7) is 2.98. The van der Waals surface area contributed by atoms with E-state index in [-0.39, 0.29) is 30.9 Å². The van der Waals surface area contributed by atoms with Crippen molar-refractivity contribution in [3.63, 3.8) is 0 Å². The van der Waals surface area contributed by atoms with Crippen molar-refractivity contribution in [2.75, 3.05) is 36.5 Å². The van der Waals surface area contributed by atoms with Gasteiger partial charge in [-0.3, -0.25) is 19.3 Å². The first kappa shape index (κ1) is 21.2. The summed E-state index contributed by atoms with van der Waals surface area (Å²) in [4.78, 5) is 41.3. The Morgan fingerprint density at radius 3 is 2.65 bits per heavy atom. The van der Waals surface area contributed by atoms with Gasteiger partial charge in [-0.15, -0.1) is 0 Å². The Kier molecular flexibility index (Phi) is 6.13. The number of ether oxygens (including phenoxy) is 1. The molecule has 0 aliphatic carbocycles. The Morgan fingerprint density at radius 2 is 1.87 bits per heavy atom. The smallest absolute Gasteiger partial charge is 0.265 e. The van der Waals surface area contributed by atoms with Crippen molar-refractivity contribution < 1.29 is 19.1 Å². The van der Waals surface area contributed by atoms with E-state index in [1.165, 1.54) is 4.90 Å². The average molecular weight is 442 g/mol. The van der Waals surface area contributed by atoms with Crippen molar-refractivity contribution in [1.29, 1.82) is 0 Å². The quantitative estimate of drug-likeness (QED) is 0.785. The zero-order chi connectivity index (χ0) is 22.0. The van der Waals surface area contributed by atoms with Gasteiger partial charge in [0.25, 0.3) is 11.8 Å². The molecule has 0 saturated carbocycles. The Labute approximate surface area is 185 Å². The van der Waals surface area contributed by atoms with Crippen molar-refractivity contribution in [2.24, 2.45) is 0 Å². The second-order valence-corrected chi connectivity index (χ2v) is 8.25. The highest BCUT2D eigenvalue weighted by Crippen LogP contribution is 2.33. The van der Waals surface area contributed by atoms with Gasteiger partial charge in [0.2, 0.25) is 5.91 Å². The minimum atomic E-state index is -0.362. The van der Waals surface area contributed by atoms with Crippen molar-refractivity contribution in [2.45, 2.75) is 26.2 Å². The first-order valence-electron chi connectivity index (χ1n) is 10.3. The zero-order valence-corrected chi connectivity index (χ0v) is 18.1. The number of nitrogens with zero attached hydrogens (tertiary/aromatic N) is 2. The molecule has 3 amide bonds. The Bertz CT molecular complexity index is 1030. The zero-order valence-electron chi connectivity index (χ0n) is 17.3. The summed E-state index contributed by atoms with van der Waals surface area (Å²) in [6, 6.07) is 10.3. The number of amides is 3. The molecule has 0 bridgehead atoms. The van der Waals surface area contributed by atoms with Gasteiger partial charge in [-0.05, 0) is 62.1 Å². The summed E-state index contributed by atoms with van der Waals surface area (Å²) in [5.41, 5.74) is 2.36. The minimum Gasteiger partial charge on any atom is -0.482 e. The van der Waals surface area contributed by atoms with E-state index >= 15 is 0 Å². The van der Waals surface area contributed by atoms with Crippen molar-refractivity contribution in [3.8, 4) is 5.75 Å². The van der Waals surface area contributed by atoms with Crippen LogP contribution >= 0.6 is 11.6 Å². The summed E-state index contributed by atoms with van der Waals surface area (Å²) in [6.07, 6.45) is 3.12. The van der Waals surface area contributed by atoms with Crippen LogP contribution in [0.15, 0.2) is 36.4 Å². The van der Waals surface area contributed by atoms with Gasteiger partial charge in [0, 0.05) is 29.4 Å². The number of hydrogen-bond donors (Lipinski definition) is 1. The van der Waals surface area contributed by atoms with E-state index in [2.05, 4.69) is 5.32 Å². The molecule has 1 saturated heterocycles. The van der Waals surface area contributed by atoms with Crippen LogP contribution in [0, 0.1) is 6.92 Å². The Morgan fingerprint density at radius 1 is 1.10 bits per heavy atom. The highest BCUT2D eigenvalue weighted by molar-refractivity contribution is 6.31. The van der Waals surface area contributed by atoms with Gasteiger partial charge in [-0.25, -0.2) is 0 Å². The number of carbonyl (C=O) groups is 3. The second-order valence-electron chi connectivity index (χ2n) is 7.81. The molecular weight excluding hydrogens is 418 g/mol. The third kappa shape index (κ3) is 4.66. The van der Waals surface area contributed by atoms with E-state index in [4.69, 9.17) is 16.3 Å². The van der Waals surface area contributed by atoms with E-state index in [1.807, 2.05) is 17.9 Å². The minimum absolute atomic E-state index is 0.0699. The number of likely N-dealkylation sites (tertiary alicyclic amines) is 1. The lowest BCUT2D eigenvalue weighted by Crippen LogP contribution is -2.43. The van der Waals surface area contributed by atoms with Gasteiger partial charge in [-0.1, -0.05) is 17.7 Å². The van der Waals surface area contributed by atoms with E-state index < -0.39 is 0 Å². The number of carbonyl (C=O) groups excluding carboxylic acids is 3. The van der Waals surface area contributed by atoms with Gasteiger partial charge in [-0.2, -0.15) is 0 Å². The first-order chi connectivity index (χ1) is 14.9. The number of fused-ring (bicyclic) bond motifs is 1. The average Bonchev–Trinajstić information content (AvgIpc) is 2.78. The van der Waals surface area contributed by atoms with Gasteiger partial charge in [0.05, 0.1) is 5.69 Å². The highest BCUT2D eigenvalue weighted by atomic mass is 35.5. The largest absolute Gasteiger partial charge is 0.482 e. The maximum absolute atomic E-state index is 12.9. The fourth-order valence-corrected chi connectivity index (χ4v) is 4.02. The van der Waals surface area contributed by atoms with Crippen molar-refractivity contribution in [1.82, 2.24) is 4.90 Å². The Balaban J connectivity index is 1.55. The standard InChI is InChI=1S/C23H24ClN3O4/c1-15-5-7-17(24)12-18(15)25-21(28)13-27-19-11-16(6-8-20(19)31-14-22(27)29)23(30)26-9-3-2-4-10-26/h5-8,11-12H,2-4,9-10,13-14H2,1H3,(H,25,28). The molecule has 4 rings (SSSR count). The lowest BCUT2D eigenvalue weighted by molar-refractivity contribution is -0.123. The van der Waals surface area contributed by atoms with Crippen molar-refractivity contribution in [3.05, 3.63) is 52.5 Å².